The van der Waals surface area contributed by atoms with Gasteiger partial charge in [-0.15, -0.1) is 0 Å². The van der Waals surface area contributed by atoms with Gasteiger partial charge in [-0.25, -0.2) is 0 Å². The van der Waals surface area contributed by atoms with Crippen LogP contribution in [0.1, 0.15) is 24.5 Å². The summed E-state index contributed by atoms with van der Waals surface area (Å²) in [5.74, 6) is 0.132. The fraction of sp³-hybridized carbons (Fsp3) is 0.222. The van der Waals surface area contributed by atoms with Crippen molar-refractivity contribution in [3.63, 3.8) is 0 Å². The molecule has 0 atom stereocenters. The van der Waals surface area contributed by atoms with Gasteiger partial charge in [0.25, 0.3) is 0 Å². The number of Topliss-reactive ketones (excluding diaryl/α,β-unsaturated/α-hetero) is 1. The minimum Gasteiger partial charge on any atom is -0.326 e. The summed E-state index contributed by atoms with van der Waals surface area (Å²) in [6.45, 7) is 1.47. The van der Waals surface area contributed by atoms with Gasteiger partial charge in [-0.1, -0.05) is 42.5 Å². The topological polar surface area (TPSA) is 46.2 Å². The molecule has 3 nitrogen and oxygen atoms in total. The molecule has 0 aliphatic heterocycles. The van der Waals surface area contributed by atoms with Gasteiger partial charge < -0.3 is 5.32 Å². The van der Waals surface area contributed by atoms with E-state index in [2.05, 4.69) is 5.32 Å². The summed E-state index contributed by atoms with van der Waals surface area (Å²) in [6, 6.07) is 17.4. The molecular formula is C18H19NO2. The fourth-order valence-corrected chi connectivity index (χ4v) is 2.15. The predicted octanol–water partition coefficient (Wildman–Crippen LogP) is 3.39. The Kier molecular flexibility index (Phi) is 5.27. The van der Waals surface area contributed by atoms with Crippen LogP contribution in [0.25, 0.3) is 0 Å². The van der Waals surface area contributed by atoms with Crippen molar-refractivity contribution in [2.45, 2.75) is 26.2 Å². The van der Waals surface area contributed by atoms with E-state index in [-0.39, 0.29) is 11.7 Å². The molecule has 0 fully saturated rings. The van der Waals surface area contributed by atoms with Crippen LogP contribution < -0.4 is 5.32 Å². The minimum absolute atomic E-state index is 0.0957. The Labute approximate surface area is 125 Å². The van der Waals surface area contributed by atoms with Gasteiger partial charge in [-0.3, -0.25) is 9.59 Å². The lowest BCUT2D eigenvalue weighted by Gasteiger charge is -2.05. The number of ketones is 1. The molecule has 0 saturated carbocycles. The Morgan fingerprint density at radius 2 is 1.57 bits per heavy atom. The standard InChI is InChI=1S/C18H19NO2/c1-14(20)19-17-10-7-16(8-11-17)13-18(21)12-9-15-5-3-2-4-6-15/h2-8,10-11H,9,12-13H2,1H3,(H,19,20). The quantitative estimate of drug-likeness (QED) is 0.882. The highest BCUT2D eigenvalue weighted by atomic mass is 16.1. The Hall–Kier alpha value is -2.42. The molecule has 0 radical (unpaired) electrons. The first kappa shape index (κ1) is 15.0. The highest BCUT2D eigenvalue weighted by Gasteiger charge is 2.05. The third-order valence-electron chi connectivity index (χ3n) is 3.21. The molecule has 21 heavy (non-hydrogen) atoms. The zero-order chi connectivity index (χ0) is 15.1. The van der Waals surface area contributed by atoms with E-state index in [1.165, 1.54) is 12.5 Å². The van der Waals surface area contributed by atoms with E-state index in [1.54, 1.807) is 0 Å². The zero-order valence-corrected chi connectivity index (χ0v) is 12.1. The van der Waals surface area contributed by atoms with E-state index in [9.17, 15) is 9.59 Å². The smallest absolute Gasteiger partial charge is 0.221 e. The molecule has 2 rings (SSSR count). The SMILES string of the molecule is CC(=O)Nc1ccc(CC(=O)CCc2ccccc2)cc1. The molecule has 0 aliphatic carbocycles. The summed E-state index contributed by atoms with van der Waals surface area (Å²) >= 11 is 0. The van der Waals surface area contributed by atoms with Crippen molar-refractivity contribution in [2.24, 2.45) is 0 Å². The minimum atomic E-state index is -0.0957. The summed E-state index contributed by atoms with van der Waals surface area (Å²) in [5, 5.41) is 2.71. The van der Waals surface area contributed by atoms with Crippen molar-refractivity contribution in [3.05, 3.63) is 65.7 Å². The van der Waals surface area contributed by atoms with Crippen LogP contribution in [0.4, 0.5) is 5.69 Å². The van der Waals surface area contributed by atoms with Gasteiger partial charge in [0.05, 0.1) is 0 Å². The van der Waals surface area contributed by atoms with E-state index >= 15 is 0 Å². The van der Waals surface area contributed by atoms with E-state index in [0.29, 0.717) is 12.8 Å². The number of aryl methyl sites for hydroxylation is 1. The lowest BCUT2D eigenvalue weighted by Crippen LogP contribution is -2.07. The first-order chi connectivity index (χ1) is 10.1. The monoisotopic (exact) mass is 281 g/mol. The van der Waals surface area contributed by atoms with Crippen molar-refractivity contribution < 1.29 is 9.59 Å². The Bertz CT molecular complexity index is 603. The molecule has 0 saturated heterocycles. The maximum Gasteiger partial charge on any atom is 0.221 e. The lowest BCUT2D eigenvalue weighted by molar-refractivity contribution is -0.118. The number of rotatable bonds is 6. The molecule has 1 amide bonds. The molecule has 0 spiro atoms. The Morgan fingerprint density at radius 1 is 0.905 bits per heavy atom. The molecule has 3 heteroatoms. The Balaban J connectivity index is 1.83. The molecule has 0 heterocycles. The van der Waals surface area contributed by atoms with E-state index in [1.807, 2.05) is 54.6 Å². The van der Waals surface area contributed by atoms with Crippen molar-refractivity contribution in [2.75, 3.05) is 5.32 Å². The third kappa shape index (κ3) is 5.22. The number of nitrogens with one attached hydrogen (secondary N) is 1. The second kappa shape index (κ2) is 7.39. The van der Waals surface area contributed by atoms with Crippen molar-refractivity contribution >= 4 is 17.4 Å². The normalized spacial score (nSPS) is 10.1. The maximum atomic E-state index is 12.0. The first-order valence-electron chi connectivity index (χ1n) is 7.05. The number of benzene rings is 2. The molecule has 108 valence electrons. The fourth-order valence-electron chi connectivity index (χ4n) is 2.15. The summed E-state index contributed by atoms with van der Waals surface area (Å²) < 4.78 is 0. The number of carbonyl (C=O) groups is 2. The summed E-state index contributed by atoms with van der Waals surface area (Å²) in [7, 11) is 0. The highest BCUT2D eigenvalue weighted by Crippen LogP contribution is 2.11. The van der Waals surface area contributed by atoms with Crippen LogP contribution >= 0.6 is 0 Å². The van der Waals surface area contributed by atoms with Crippen LogP contribution in [-0.2, 0) is 22.4 Å². The van der Waals surface area contributed by atoms with Crippen LogP contribution in [0.3, 0.4) is 0 Å². The summed E-state index contributed by atoms with van der Waals surface area (Å²) in [4.78, 5) is 22.9. The van der Waals surface area contributed by atoms with Crippen LogP contribution in [0.2, 0.25) is 0 Å². The highest BCUT2D eigenvalue weighted by molar-refractivity contribution is 5.88. The van der Waals surface area contributed by atoms with Gasteiger partial charge >= 0.3 is 0 Å². The Morgan fingerprint density at radius 3 is 2.19 bits per heavy atom. The van der Waals surface area contributed by atoms with E-state index in [0.717, 1.165) is 17.7 Å². The molecule has 0 unspecified atom stereocenters. The van der Waals surface area contributed by atoms with Crippen molar-refractivity contribution in [1.82, 2.24) is 0 Å². The van der Waals surface area contributed by atoms with Crippen LogP contribution in [0.5, 0.6) is 0 Å². The summed E-state index contributed by atoms with van der Waals surface area (Å²) in [5.41, 5.74) is 2.91. The second-order valence-electron chi connectivity index (χ2n) is 5.08. The molecule has 0 aromatic heterocycles. The third-order valence-corrected chi connectivity index (χ3v) is 3.21. The second-order valence-corrected chi connectivity index (χ2v) is 5.08. The number of carbonyl (C=O) groups excluding carboxylic acids is 2. The van der Waals surface area contributed by atoms with Gasteiger partial charge in [-0.2, -0.15) is 0 Å². The molecule has 0 aliphatic rings. The first-order valence-corrected chi connectivity index (χ1v) is 7.05. The average Bonchev–Trinajstić information content (AvgIpc) is 2.48. The molecule has 2 aromatic carbocycles. The van der Waals surface area contributed by atoms with E-state index < -0.39 is 0 Å². The lowest BCUT2D eigenvalue weighted by atomic mass is 10.0. The van der Waals surface area contributed by atoms with Gasteiger partial charge in [0, 0.05) is 25.5 Å². The number of hydrogen-bond acceptors (Lipinski definition) is 2. The van der Waals surface area contributed by atoms with Crippen LogP contribution in [0, 0.1) is 0 Å². The summed E-state index contributed by atoms with van der Waals surface area (Å²) in [6.07, 6.45) is 1.77. The number of hydrogen-bond donors (Lipinski definition) is 1. The molecule has 0 bridgehead atoms. The van der Waals surface area contributed by atoms with Gasteiger partial charge in [0.15, 0.2) is 0 Å². The molecule has 2 aromatic rings. The average molecular weight is 281 g/mol. The van der Waals surface area contributed by atoms with Crippen LogP contribution in [0.15, 0.2) is 54.6 Å². The van der Waals surface area contributed by atoms with Gasteiger partial charge in [0.2, 0.25) is 5.91 Å². The number of anilines is 1. The van der Waals surface area contributed by atoms with Crippen LogP contribution in [-0.4, -0.2) is 11.7 Å². The maximum absolute atomic E-state index is 12.0. The predicted molar refractivity (Wildman–Crippen MR) is 84.2 cm³/mol. The van der Waals surface area contributed by atoms with Gasteiger partial charge in [0.1, 0.15) is 5.78 Å². The molecular weight excluding hydrogens is 262 g/mol. The van der Waals surface area contributed by atoms with E-state index in [4.69, 9.17) is 0 Å². The zero-order valence-electron chi connectivity index (χ0n) is 12.1. The largest absolute Gasteiger partial charge is 0.326 e. The van der Waals surface area contributed by atoms with Crippen molar-refractivity contribution in [1.29, 1.82) is 0 Å². The van der Waals surface area contributed by atoms with Gasteiger partial charge in [-0.05, 0) is 29.7 Å². The number of amides is 1. The molecule has 1 N–H and O–H groups in total. The van der Waals surface area contributed by atoms with Crippen molar-refractivity contribution in [3.8, 4) is 0 Å².